The summed E-state index contributed by atoms with van der Waals surface area (Å²) in [6, 6.07) is 10.8. The minimum absolute atomic E-state index is 0.414. The van der Waals surface area contributed by atoms with Gasteiger partial charge in [-0.2, -0.15) is 13.2 Å². The van der Waals surface area contributed by atoms with Crippen LogP contribution < -0.4 is 4.90 Å². The van der Waals surface area contributed by atoms with Gasteiger partial charge in [-0.3, -0.25) is 4.90 Å². The van der Waals surface area contributed by atoms with Gasteiger partial charge in [0.2, 0.25) is 0 Å². The molecule has 6 heteroatoms. The number of halogens is 3. The molecule has 0 bridgehead atoms. The number of pyridine rings is 1. The highest BCUT2D eigenvalue weighted by atomic mass is 19.4. The Morgan fingerprint density at radius 2 is 1.75 bits per heavy atom. The van der Waals surface area contributed by atoms with E-state index in [9.17, 15) is 13.2 Å². The van der Waals surface area contributed by atoms with E-state index in [2.05, 4.69) is 41.9 Å². The zero-order valence-electron chi connectivity index (χ0n) is 16.6. The molecule has 0 unspecified atom stereocenters. The predicted octanol–water partition coefficient (Wildman–Crippen LogP) is 4.73. The normalized spacial score (nSPS) is 15.8. The van der Waals surface area contributed by atoms with E-state index in [1.54, 1.807) is 6.07 Å². The number of anilines is 1. The highest BCUT2D eigenvalue weighted by Crippen LogP contribution is 2.29. The molecule has 0 saturated carbocycles. The van der Waals surface area contributed by atoms with Crippen molar-refractivity contribution in [2.45, 2.75) is 39.3 Å². The maximum Gasteiger partial charge on any atom is 0.433 e. The lowest BCUT2D eigenvalue weighted by molar-refractivity contribution is -0.141. The average molecular weight is 391 g/mol. The molecule has 3 rings (SSSR count). The summed E-state index contributed by atoms with van der Waals surface area (Å²) in [6.07, 6.45) is -1.14. The fraction of sp³-hybridized carbons (Fsp3) is 0.500. The Balaban J connectivity index is 1.53. The highest BCUT2D eigenvalue weighted by molar-refractivity contribution is 5.40. The third-order valence-electron chi connectivity index (χ3n) is 5.37. The summed E-state index contributed by atoms with van der Waals surface area (Å²) in [4.78, 5) is 8.12. The molecular weight excluding hydrogens is 363 g/mol. The van der Waals surface area contributed by atoms with Crippen LogP contribution >= 0.6 is 0 Å². The van der Waals surface area contributed by atoms with E-state index in [1.807, 2.05) is 4.90 Å². The SMILES string of the molecule is CCCc1cc(CCN2CCN(c3cccc(C(F)(F)F)n3)CC2)ccc1C. The Morgan fingerprint density at radius 3 is 2.43 bits per heavy atom. The molecule has 152 valence electrons. The van der Waals surface area contributed by atoms with E-state index < -0.39 is 11.9 Å². The third kappa shape index (κ3) is 5.25. The van der Waals surface area contributed by atoms with Crippen molar-refractivity contribution in [1.82, 2.24) is 9.88 Å². The van der Waals surface area contributed by atoms with Gasteiger partial charge in [0.1, 0.15) is 11.5 Å². The molecule has 0 spiro atoms. The first-order valence-electron chi connectivity index (χ1n) is 9.97. The molecule has 0 radical (unpaired) electrons. The van der Waals surface area contributed by atoms with Gasteiger partial charge in [0, 0.05) is 32.7 Å². The lowest BCUT2D eigenvalue weighted by Crippen LogP contribution is -2.47. The van der Waals surface area contributed by atoms with Crippen LogP contribution in [0.1, 0.15) is 35.7 Å². The first kappa shape index (κ1) is 20.6. The number of alkyl halides is 3. The van der Waals surface area contributed by atoms with E-state index in [4.69, 9.17) is 0 Å². The van der Waals surface area contributed by atoms with Crippen LogP contribution in [0.2, 0.25) is 0 Å². The Bertz CT molecular complexity index is 781. The Kier molecular flexibility index (Phi) is 6.60. The minimum Gasteiger partial charge on any atom is -0.354 e. The smallest absolute Gasteiger partial charge is 0.354 e. The molecule has 3 nitrogen and oxygen atoms in total. The summed E-state index contributed by atoms with van der Waals surface area (Å²) in [6.45, 7) is 8.41. The van der Waals surface area contributed by atoms with E-state index in [-0.39, 0.29) is 0 Å². The lowest BCUT2D eigenvalue weighted by Gasteiger charge is -2.35. The van der Waals surface area contributed by atoms with Gasteiger partial charge in [-0.05, 0) is 48.6 Å². The quantitative estimate of drug-likeness (QED) is 0.710. The molecule has 0 amide bonds. The van der Waals surface area contributed by atoms with Gasteiger partial charge < -0.3 is 4.90 Å². The molecule has 1 saturated heterocycles. The number of nitrogens with zero attached hydrogens (tertiary/aromatic N) is 3. The first-order chi connectivity index (χ1) is 13.4. The predicted molar refractivity (Wildman–Crippen MR) is 107 cm³/mol. The molecule has 1 fully saturated rings. The summed E-state index contributed by atoms with van der Waals surface area (Å²) in [7, 11) is 0. The summed E-state index contributed by atoms with van der Waals surface area (Å²) in [5.41, 5.74) is 3.32. The average Bonchev–Trinajstić information content (AvgIpc) is 2.69. The second-order valence-electron chi connectivity index (χ2n) is 7.47. The molecule has 28 heavy (non-hydrogen) atoms. The van der Waals surface area contributed by atoms with Gasteiger partial charge in [0.05, 0.1) is 0 Å². The maximum absolute atomic E-state index is 12.9. The number of piperazine rings is 1. The number of hydrogen-bond acceptors (Lipinski definition) is 3. The molecular formula is C22H28F3N3. The van der Waals surface area contributed by atoms with Crippen molar-refractivity contribution in [3.63, 3.8) is 0 Å². The standard InChI is InChI=1S/C22H28F3N3/c1-3-5-19-16-18(9-8-17(19)2)10-11-27-12-14-28(15-13-27)21-7-4-6-20(26-21)22(23,24)25/h4,6-9,16H,3,5,10-15H2,1-2H3. The fourth-order valence-electron chi connectivity index (χ4n) is 3.66. The Morgan fingerprint density at radius 1 is 1.00 bits per heavy atom. The van der Waals surface area contributed by atoms with Crippen LogP contribution in [0.25, 0.3) is 0 Å². The second-order valence-corrected chi connectivity index (χ2v) is 7.47. The number of aromatic nitrogens is 1. The van der Waals surface area contributed by atoms with E-state index >= 15 is 0 Å². The summed E-state index contributed by atoms with van der Waals surface area (Å²) >= 11 is 0. The first-order valence-corrected chi connectivity index (χ1v) is 9.97. The number of aryl methyl sites for hydroxylation is 2. The maximum atomic E-state index is 12.9. The fourth-order valence-corrected chi connectivity index (χ4v) is 3.66. The van der Waals surface area contributed by atoms with E-state index in [1.165, 1.54) is 22.8 Å². The number of rotatable bonds is 6. The lowest BCUT2D eigenvalue weighted by atomic mass is 9.99. The van der Waals surface area contributed by atoms with Gasteiger partial charge in [-0.25, -0.2) is 4.98 Å². The van der Waals surface area contributed by atoms with Crippen LogP contribution in [0.3, 0.4) is 0 Å². The van der Waals surface area contributed by atoms with Gasteiger partial charge in [-0.15, -0.1) is 0 Å². The zero-order chi connectivity index (χ0) is 20.1. The van der Waals surface area contributed by atoms with Crippen LogP contribution in [-0.2, 0) is 19.0 Å². The van der Waals surface area contributed by atoms with Crippen molar-refractivity contribution in [3.8, 4) is 0 Å². The van der Waals surface area contributed by atoms with Crippen LogP contribution in [0.15, 0.2) is 36.4 Å². The molecule has 1 aromatic carbocycles. The van der Waals surface area contributed by atoms with E-state index in [0.717, 1.165) is 45.0 Å². The van der Waals surface area contributed by atoms with Crippen molar-refractivity contribution in [3.05, 3.63) is 58.8 Å². The van der Waals surface area contributed by atoms with Crippen molar-refractivity contribution >= 4 is 5.82 Å². The van der Waals surface area contributed by atoms with Crippen molar-refractivity contribution in [2.75, 3.05) is 37.6 Å². The van der Waals surface area contributed by atoms with Crippen LogP contribution in [0.5, 0.6) is 0 Å². The monoisotopic (exact) mass is 391 g/mol. The molecule has 1 aliphatic heterocycles. The minimum atomic E-state index is -4.40. The topological polar surface area (TPSA) is 19.4 Å². The van der Waals surface area contributed by atoms with Gasteiger partial charge >= 0.3 is 6.18 Å². The molecule has 2 heterocycles. The van der Waals surface area contributed by atoms with Crippen LogP contribution in [0, 0.1) is 6.92 Å². The zero-order valence-corrected chi connectivity index (χ0v) is 16.6. The van der Waals surface area contributed by atoms with Gasteiger partial charge in [0.25, 0.3) is 0 Å². The molecule has 1 aromatic heterocycles. The Hall–Kier alpha value is -2.08. The summed E-state index contributed by atoms with van der Waals surface area (Å²) in [5.74, 6) is 0.414. The molecule has 2 aromatic rings. The van der Waals surface area contributed by atoms with Gasteiger partial charge in [0.15, 0.2) is 0 Å². The molecule has 0 atom stereocenters. The molecule has 1 aliphatic rings. The van der Waals surface area contributed by atoms with Crippen molar-refractivity contribution in [1.29, 1.82) is 0 Å². The Labute approximate surface area is 165 Å². The largest absolute Gasteiger partial charge is 0.433 e. The van der Waals surface area contributed by atoms with E-state index in [0.29, 0.717) is 18.9 Å². The molecule has 0 N–H and O–H groups in total. The van der Waals surface area contributed by atoms with Gasteiger partial charge in [-0.1, -0.05) is 37.6 Å². The van der Waals surface area contributed by atoms with Crippen molar-refractivity contribution in [2.24, 2.45) is 0 Å². The van der Waals surface area contributed by atoms with Crippen LogP contribution in [0.4, 0.5) is 19.0 Å². The highest BCUT2D eigenvalue weighted by Gasteiger charge is 2.33. The molecule has 0 aliphatic carbocycles. The van der Waals surface area contributed by atoms with Crippen molar-refractivity contribution < 1.29 is 13.2 Å². The summed E-state index contributed by atoms with van der Waals surface area (Å²) < 4.78 is 38.6. The summed E-state index contributed by atoms with van der Waals surface area (Å²) in [5, 5.41) is 0. The second kappa shape index (κ2) is 8.95. The van der Waals surface area contributed by atoms with Crippen LogP contribution in [-0.4, -0.2) is 42.6 Å². The third-order valence-corrected chi connectivity index (χ3v) is 5.37. The number of hydrogen-bond donors (Lipinski definition) is 0. The number of benzene rings is 1.